The van der Waals surface area contributed by atoms with Crippen molar-refractivity contribution < 1.29 is 5.11 Å². The molecule has 1 saturated carbocycles. The molecule has 0 saturated heterocycles. The van der Waals surface area contributed by atoms with E-state index in [1.54, 1.807) is 12.4 Å². The smallest absolute Gasteiger partial charge is 0.161 e. The van der Waals surface area contributed by atoms with Crippen molar-refractivity contribution in [3.05, 3.63) is 36.3 Å². The minimum Gasteiger partial charge on any atom is -0.396 e. The van der Waals surface area contributed by atoms with Crippen LogP contribution in [0.4, 0.5) is 5.82 Å². The summed E-state index contributed by atoms with van der Waals surface area (Å²) in [6.45, 7) is 3.22. The van der Waals surface area contributed by atoms with E-state index in [1.807, 2.05) is 18.2 Å². The van der Waals surface area contributed by atoms with Gasteiger partial charge in [0.25, 0.3) is 0 Å². The third-order valence-corrected chi connectivity index (χ3v) is 4.32. The van der Waals surface area contributed by atoms with Gasteiger partial charge >= 0.3 is 0 Å². The topological polar surface area (TPSA) is 70.9 Å². The monoisotopic (exact) mass is 298 g/mol. The van der Waals surface area contributed by atoms with Crippen LogP contribution < -0.4 is 5.32 Å². The molecular weight excluding hydrogens is 276 g/mol. The molecule has 3 rings (SSSR count). The normalized spacial score (nSPS) is 15.5. The molecule has 116 valence electrons. The molecule has 5 nitrogen and oxygen atoms in total. The van der Waals surface area contributed by atoms with E-state index in [-0.39, 0.29) is 12.0 Å². The first-order valence-electron chi connectivity index (χ1n) is 7.88. The maximum atomic E-state index is 9.15. The van der Waals surface area contributed by atoms with Gasteiger partial charge in [0, 0.05) is 42.9 Å². The van der Waals surface area contributed by atoms with Gasteiger partial charge in [-0.3, -0.25) is 4.98 Å². The molecule has 0 bridgehead atoms. The predicted molar refractivity (Wildman–Crippen MR) is 86.5 cm³/mol. The van der Waals surface area contributed by atoms with Crippen molar-refractivity contribution >= 4 is 5.82 Å². The van der Waals surface area contributed by atoms with E-state index >= 15 is 0 Å². The second kappa shape index (κ2) is 6.40. The lowest BCUT2D eigenvalue weighted by molar-refractivity contribution is 0.253. The molecule has 1 aliphatic carbocycles. The lowest BCUT2D eigenvalue weighted by atomic mass is 10.0. The molecule has 0 spiro atoms. The van der Waals surface area contributed by atoms with Crippen molar-refractivity contribution in [3.8, 4) is 11.4 Å². The Labute approximate surface area is 130 Å². The van der Waals surface area contributed by atoms with E-state index in [2.05, 4.69) is 27.2 Å². The molecule has 0 aromatic carbocycles. The molecule has 0 unspecified atom stereocenters. The zero-order chi connectivity index (χ0) is 15.4. The molecule has 2 heterocycles. The van der Waals surface area contributed by atoms with E-state index in [9.17, 15) is 0 Å². The Balaban J connectivity index is 1.79. The standard InChI is InChI=1S/C17H22N4O/c1-2-14-11-15(19-12-17(5-6-17)7-10-22)21-16(20-14)13-3-8-18-9-4-13/h3-4,8-9,11,22H,2,5-7,10,12H2,1H3,(H,19,20,21). The fourth-order valence-corrected chi connectivity index (χ4v) is 2.61. The molecule has 2 aromatic rings. The maximum absolute atomic E-state index is 9.15. The number of aryl methyl sites for hydroxylation is 1. The van der Waals surface area contributed by atoms with Crippen molar-refractivity contribution in [2.45, 2.75) is 32.6 Å². The van der Waals surface area contributed by atoms with Crippen LogP contribution in [0.2, 0.25) is 0 Å². The number of aliphatic hydroxyl groups excluding tert-OH is 1. The Morgan fingerprint density at radius 3 is 2.64 bits per heavy atom. The van der Waals surface area contributed by atoms with Gasteiger partial charge in [-0.1, -0.05) is 6.92 Å². The Morgan fingerprint density at radius 2 is 2.00 bits per heavy atom. The largest absolute Gasteiger partial charge is 0.396 e. The fourth-order valence-electron chi connectivity index (χ4n) is 2.61. The average molecular weight is 298 g/mol. The van der Waals surface area contributed by atoms with Crippen LogP contribution in [0.5, 0.6) is 0 Å². The number of nitrogens with zero attached hydrogens (tertiary/aromatic N) is 3. The number of anilines is 1. The summed E-state index contributed by atoms with van der Waals surface area (Å²) in [5, 5.41) is 12.6. The molecule has 1 fully saturated rings. The highest BCUT2D eigenvalue weighted by atomic mass is 16.3. The van der Waals surface area contributed by atoms with Crippen molar-refractivity contribution in [3.63, 3.8) is 0 Å². The third kappa shape index (κ3) is 3.42. The van der Waals surface area contributed by atoms with E-state index < -0.39 is 0 Å². The quantitative estimate of drug-likeness (QED) is 0.822. The van der Waals surface area contributed by atoms with Crippen molar-refractivity contribution in [1.29, 1.82) is 0 Å². The van der Waals surface area contributed by atoms with Gasteiger partial charge in [-0.05, 0) is 43.2 Å². The Hall–Kier alpha value is -2.01. The molecule has 2 N–H and O–H groups in total. The molecule has 0 radical (unpaired) electrons. The van der Waals surface area contributed by atoms with Crippen molar-refractivity contribution in [2.75, 3.05) is 18.5 Å². The second-order valence-corrected chi connectivity index (χ2v) is 5.98. The molecule has 22 heavy (non-hydrogen) atoms. The number of hydrogen-bond acceptors (Lipinski definition) is 5. The molecule has 0 amide bonds. The number of aliphatic hydroxyl groups is 1. The first-order chi connectivity index (χ1) is 10.7. The molecule has 1 aliphatic rings. The van der Waals surface area contributed by atoms with Gasteiger partial charge in [-0.2, -0.15) is 0 Å². The summed E-state index contributed by atoms with van der Waals surface area (Å²) in [5.41, 5.74) is 2.27. The van der Waals surface area contributed by atoms with E-state index in [0.29, 0.717) is 0 Å². The maximum Gasteiger partial charge on any atom is 0.161 e. The number of rotatable bonds is 7. The van der Waals surface area contributed by atoms with Crippen LogP contribution in [0.15, 0.2) is 30.6 Å². The Morgan fingerprint density at radius 1 is 1.23 bits per heavy atom. The molecular formula is C17H22N4O. The lowest BCUT2D eigenvalue weighted by Gasteiger charge is -2.16. The third-order valence-electron chi connectivity index (χ3n) is 4.32. The zero-order valence-electron chi connectivity index (χ0n) is 12.9. The van der Waals surface area contributed by atoms with E-state index in [1.165, 1.54) is 12.8 Å². The van der Waals surface area contributed by atoms with Crippen LogP contribution in [0.3, 0.4) is 0 Å². The van der Waals surface area contributed by atoms with Crippen molar-refractivity contribution in [1.82, 2.24) is 15.0 Å². The van der Waals surface area contributed by atoms with Crippen molar-refractivity contribution in [2.24, 2.45) is 5.41 Å². The SMILES string of the molecule is CCc1cc(NCC2(CCO)CC2)nc(-c2ccncc2)n1. The van der Waals surface area contributed by atoms with Gasteiger partial charge in [0.15, 0.2) is 5.82 Å². The Bertz CT molecular complexity index is 626. The van der Waals surface area contributed by atoms with Crippen LogP contribution >= 0.6 is 0 Å². The molecule has 2 aromatic heterocycles. The summed E-state index contributed by atoms with van der Waals surface area (Å²) in [4.78, 5) is 13.3. The average Bonchev–Trinajstić information content (AvgIpc) is 3.34. The summed E-state index contributed by atoms with van der Waals surface area (Å²) in [5.74, 6) is 1.60. The Kier molecular flexibility index (Phi) is 4.34. The first-order valence-corrected chi connectivity index (χ1v) is 7.88. The summed E-state index contributed by atoms with van der Waals surface area (Å²) in [6, 6.07) is 5.86. The summed E-state index contributed by atoms with van der Waals surface area (Å²) in [7, 11) is 0. The predicted octanol–water partition coefficient (Wildman–Crippen LogP) is 2.68. The van der Waals surface area contributed by atoms with Gasteiger partial charge in [0.05, 0.1) is 0 Å². The summed E-state index contributed by atoms with van der Waals surface area (Å²) >= 11 is 0. The van der Waals surface area contributed by atoms with Crippen LogP contribution in [0.1, 0.15) is 31.9 Å². The second-order valence-electron chi connectivity index (χ2n) is 5.98. The highest BCUT2D eigenvalue weighted by Crippen LogP contribution is 2.48. The van der Waals surface area contributed by atoms with Crippen LogP contribution in [-0.2, 0) is 6.42 Å². The van der Waals surface area contributed by atoms with Gasteiger partial charge in [0.2, 0.25) is 0 Å². The first kappa shape index (κ1) is 14.9. The van der Waals surface area contributed by atoms with Crippen LogP contribution in [-0.4, -0.2) is 33.2 Å². The minimum atomic E-state index is 0.258. The number of nitrogens with one attached hydrogen (secondary N) is 1. The lowest BCUT2D eigenvalue weighted by Crippen LogP contribution is -2.18. The van der Waals surface area contributed by atoms with Gasteiger partial charge in [-0.25, -0.2) is 9.97 Å². The van der Waals surface area contributed by atoms with Crippen LogP contribution in [0, 0.1) is 5.41 Å². The fraction of sp³-hybridized carbons (Fsp3) is 0.471. The molecule has 0 atom stereocenters. The van der Waals surface area contributed by atoms with E-state index in [4.69, 9.17) is 5.11 Å². The van der Waals surface area contributed by atoms with E-state index in [0.717, 1.165) is 42.3 Å². The zero-order valence-corrected chi connectivity index (χ0v) is 12.9. The van der Waals surface area contributed by atoms with Crippen LogP contribution in [0.25, 0.3) is 11.4 Å². The molecule has 5 heteroatoms. The molecule has 0 aliphatic heterocycles. The highest BCUT2D eigenvalue weighted by Gasteiger charge is 2.41. The highest BCUT2D eigenvalue weighted by molar-refractivity contribution is 5.56. The summed E-state index contributed by atoms with van der Waals surface area (Å²) < 4.78 is 0. The number of hydrogen-bond donors (Lipinski definition) is 2. The minimum absolute atomic E-state index is 0.258. The van der Waals surface area contributed by atoms with Gasteiger partial charge in [-0.15, -0.1) is 0 Å². The summed E-state index contributed by atoms with van der Waals surface area (Å²) in [6.07, 6.45) is 7.61. The van der Waals surface area contributed by atoms with Gasteiger partial charge < -0.3 is 10.4 Å². The van der Waals surface area contributed by atoms with Gasteiger partial charge in [0.1, 0.15) is 5.82 Å². The number of aromatic nitrogens is 3. The number of pyridine rings is 1.